The van der Waals surface area contributed by atoms with Crippen molar-refractivity contribution in [2.45, 2.75) is 13.8 Å². The Morgan fingerprint density at radius 1 is 1.00 bits per heavy atom. The minimum atomic E-state index is -0.317. The van der Waals surface area contributed by atoms with Crippen LogP contribution in [-0.4, -0.2) is 42.4 Å². The first-order valence-corrected chi connectivity index (χ1v) is 9.87. The van der Waals surface area contributed by atoms with Crippen LogP contribution in [0.25, 0.3) is 0 Å². The summed E-state index contributed by atoms with van der Waals surface area (Å²) in [5, 5.41) is 6.06. The van der Waals surface area contributed by atoms with Crippen LogP contribution in [0, 0.1) is 13.8 Å². The molecule has 1 aromatic heterocycles. The fourth-order valence-electron chi connectivity index (χ4n) is 3.24. The van der Waals surface area contributed by atoms with Crippen LogP contribution < -0.4 is 15.4 Å². The van der Waals surface area contributed by atoms with Gasteiger partial charge in [-0.3, -0.25) is 9.59 Å². The molecule has 2 amide bonds. The Labute approximate surface area is 182 Å². The van der Waals surface area contributed by atoms with Gasteiger partial charge in [-0.25, -0.2) is 4.98 Å². The van der Waals surface area contributed by atoms with E-state index in [0.717, 1.165) is 16.8 Å². The lowest BCUT2D eigenvalue weighted by atomic mass is 10.1. The van der Waals surface area contributed by atoms with Gasteiger partial charge in [0.25, 0.3) is 5.91 Å². The molecule has 0 bridgehead atoms. The van der Waals surface area contributed by atoms with Crippen LogP contribution in [0.5, 0.6) is 5.75 Å². The predicted octanol–water partition coefficient (Wildman–Crippen LogP) is 4.16. The van der Waals surface area contributed by atoms with Crippen molar-refractivity contribution in [2.75, 3.05) is 31.3 Å². The summed E-state index contributed by atoms with van der Waals surface area (Å²) < 4.78 is 5.36. The van der Waals surface area contributed by atoms with E-state index in [-0.39, 0.29) is 18.4 Å². The molecular weight excluding hydrogens is 392 g/mol. The number of rotatable bonds is 7. The van der Waals surface area contributed by atoms with E-state index in [1.54, 1.807) is 32.5 Å². The van der Waals surface area contributed by atoms with Crippen LogP contribution in [0.3, 0.4) is 0 Å². The number of carbonyl (C=O) groups is 2. The number of ether oxygens (including phenoxy) is 1. The van der Waals surface area contributed by atoms with Gasteiger partial charge in [0.05, 0.1) is 24.9 Å². The first kappa shape index (κ1) is 21.8. The van der Waals surface area contributed by atoms with Crippen molar-refractivity contribution >= 4 is 29.0 Å². The summed E-state index contributed by atoms with van der Waals surface area (Å²) in [6, 6.07) is 16.5. The lowest BCUT2D eigenvalue weighted by Crippen LogP contribution is -2.35. The minimum absolute atomic E-state index is 0.0877. The van der Waals surface area contributed by atoms with Gasteiger partial charge in [-0.2, -0.15) is 0 Å². The largest absolute Gasteiger partial charge is 0.495 e. The molecule has 3 aromatic rings. The zero-order chi connectivity index (χ0) is 22.4. The molecule has 1 heterocycles. The molecule has 0 atom stereocenters. The Morgan fingerprint density at radius 2 is 1.71 bits per heavy atom. The highest BCUT2D eigenvalue weighted by atomic mass is 16.5. The third kappa shape index (κ3) is 5.19. The van der Waals surface area contributed by atoms with Crippen LogP contribution in [0.1, 0.15) is 21.5 Å². The topological polar surface area (TPSA) is 83.6 Å². The summed E-state index contributed by atoms with van der Waals surface area (Å²) in [7, 11) is 3.17. The third-order valence-corrected chi connectivity index (χ3v) is 4.87. The van der Waals surface area contributed by atoms with Gasteiger partial charge in [-0.1, -0.05) is 30.3 Å². The molecule has 31 heavy (non-hydrogen) atoms. The number of hydrogen-bond donors (Lipinski definition) is 2. The summed E-state index contributed by atoms with van der Waals surface area (Å²) in [6.07, 6.45) is 1.60. The number of para-hydroxylation sites is 3. The Balaban J connectivity index is 1.74. The predicted molar refractivity (Wildman–Crippen MR) is 122 cm³/mol. The van der Waals surface area contributed by atoms with Crippen molar-refractivity contribution in [3.05, 3.63) is 77.5 Å². The van der Waals surface area contributed by atoms with Crippen molar-refractivity contribution in [2.24, 2.45) is 0 Å². The van der Waals surface area contributed by atoms with Gasteiger partial charge in [0.2, 0.25) is 5.91 Å². The summed E-state index contributed by atoms with van der Waals surface area (Å²) in [4.78, 5) is 31.3. The van der Waals surface area contributed by atoms with E-state index in [1.807, 2.05) is 56.3 Å². The van der Waals surface area contributed by atoms with Gasteiger partial charge >= 0.3 is 0 Å². The van der Waals surface area contributed by atoms with Crippen molar-refractivity contribution < 1.29 is 14.3 Å². The first-order chi connectivity index (χ1) is 14.9. The number of carbonyl (C=O) groups excluding carboxylic acids is 2. The fourth-order valence-corrected chi connectivity index (χ4v) is 3.24. The molecule has 0 spiro atoms. The smallest absolute Gasteiger partial charge is 0.257 e. The highest BCUT2D eigenvalue weighted by Crippen LogP contribution is 2.28. The van der Waals surface area contributed by atoms with E-state index >= 15 is 0 Å². The molecule has 0 aliphatic heterocycles. The number of pyridine rings is 1. The lowest BCUT2D eigenvalue weighted by molar-refractivity contribution is -0.116. The molecule has 0 fully saturated rings. The number of amides is 2. The van der Waals surface area contributed by atoms with Gasteiger partial charge in [0, 0.05) is 18.9 Å². The van der Waals surface area contributed by atoms with Crippen molar-refractivity contribution in [1.82, 2.24) is 9.88 Å². The number of nitrogens with one attached hydrogen (secondary N) is 2. The zero-order valence-corrected chi connectivity index (χ0v) is 18.1. The number of benzene rings is 2. The molecule has 2 N–H and O–H groups in total. The Kier molecular flexibility index (Phi) is 6.87. The standard InChI is InChI=1S/C24H26N4O3/c1-16-9-7-10-17(2)22(16)27-21(29)15-28(3)24(30)18-11-8-14-25-23(18)26-19-12-5-6-13-20(19)31-4/h5-14H,15H2,1-4H3,(H,25,26)(H,27,29). The molecule has 2 aromatic carbocycles. The van der Waals surface area contributed by atoms with Gasteiger partial charge in [-0.05, 0) is 49.2 Å². The van der Waals surface area contributed by atoms with Crippen LogP contribution in [0.15, 0.2) is 60.8 Å². The molecule has 7 heteroatoms. The molecule has 7 nitrogen and oxygen atoms in total. The van der Waals surface area contributed by atoms with Gasteiger partial charge in [-0.15, -0.1) is 0 Å². The molecule has 0 radical (unpaired) electrons. The minimum Gasteiger partial charge on any atom is -0.495 e. The highest BCUT2D eigenvalue weighted by molar-refractivity contribution is 6.02. The number of hydrogen-bond acceptors (Lipinski definition) is 5. The van der Waals surface area contributed by atoms with E-state index in [9.17, 15) is 9.59 Å². The SMILES string of the molecule is COc1ccccc1Nc1ncccc1C(=O)N(C)CC(=O)Nc1c(C)cccc1C. The van der Waals surface area contributed by atoms with E-state index < -0.39 is 0 Å². The Bertz CT molecular complexity index is 1080. The lowest BCUT2D eigenvalue weighted by Gasteiger charge is -2.20. The maximum Gasteiger partial charge on any atom is 0.257 e. The normalized spacial score (nSPS) is 10.3. The van der Waals surface area contributed by atoms with E-state index in [0.29, 0.717) is 22.8 Å². The average molecular weight is 418 g/mol. The fraction of sp³-hybridized carbons (Fsp3) is 0.208. The van der Waals surface area contributed by atoms with E-state index in [2.05, 4.69) is 15.6 Å². The van der Waals surface area contributed by atoms with Gasteiger partial charge in [0.1, 0.15) is 11.6 Å². The van der Waals surface area contributed by atoms with E-state index in [4.69, 9.17) is 4.74 Å². The monoisotopic (exact) mass is 418 g/mol. The summed E-state index contributed by atoms with van der Waals surface area (Å²) in [5.41, 5.74) is 3.76. The number of aromatic nitrogens is 1. The highest BCUT2D eigenvalue weighted by Gasteiger charge is 2.20. The van der Waals surface area contributed by atoms with E-state index in [1.165, 1.54) is 4.90 Å². The molecular formula is C24H26N4O3. The molecule has 0 unspecified atom stereocenters. The molecule has 0 aliphatic rings. The van der Waals surface area contributed by atoms with Gasteiger partial charge in [0.15, 0.2) is 0 Å². The molecule has 0 saturated carbocycles. The number of likely N-dealkylation sites (N-methyl/N-ethyl adjacent to an activating group) is 1. The summed E-state index contributed by atoms with van der Waals surface area (Å²) in [6.45, 7) is 3.78. The summed E-state index contributed by atoms with van der Waals surface area (Å²) in [5.74, 6) is 0.436. The number of methoxy groups -OCH3 is 1. The maximum atomic E-state index is 13.1. The molecule has 0 saturated heterocycles. The average Bonchev–Trinajstić information content (AvgIpc) is 2.76. The number of aryl methyl sites for hydroxylation is 2. The number of nitrogens with zero attached hydrogens (tertiary/aromatic N) is 2. The van der Waals surface area contributed by atoms with Crippen molar-refractivity contribution in [3.63, 3.8) is 0 Å². The second kappa shape index (κ2) is 9.75. The molecule has 0 aliphatic carbocycles. The summed E-state index contributed by atoms with van der Waals surface area (Å²) >= 11 is 0. The number of anilines is 3. The Hall–Kier alpha value is -3.87. The quantitative estimate of drug-likeness (QED) is 0.602. The van der Waals surface area contributed by atoms with Crippen molar-refractivity contribution in [3.8, 4) is 5.75 Å². The molecule has 3 rings (SSSR count). The van der Waals surface area contributed by atoms with Crippen LogP contribution in [-0.2, 0) is 4.79 Å². The zero-order valence-electron chi connectivity index (χ0n) is 18.1. The van der Waals surface area contributed by atoms with Crippen LogP contribution in [0.2, 0.25) is 0 Å². The molecule has 160 valence electrons. The second-order valence-corrected chi connectivity index (χ2v) is 7.20. The van der Waals surface area contributed by atoms with Crippen molar-refractivity contribution in [1.29, 1.82) is 0 Å². The van der Waals surface area contributed by atoms with Crippen LogP contribution in [0.4, 0.5) is 17.2 Å². The van der Waals surface area contributed by atoms with Gasteiger partial charge < -0.3 is 20.3 Å². The maximum absolute atomic E-state index is 13.1. The van der Waals surface area contributed by atoms with Crippen LogP contribution >= 0.6 is 0 Å². The third-order valence-electron chi connectivity index (χ3n) is 4.87. The Morgan fingerprint density at radius 3 is 2.42 bits per heavy atom. The second-order valence-electron chi connectivity index (χ2n) is 7.20. The first-order valence-electron chi connectivity index (χ1n) is 9.87.